The van der Waals surface area contributed by atoms with Crippen LogP contribution in [0.4, 0.5) is 0 Å². The number of hydrogen-bond acceptors (Lipinski definition) is 3. The Bertz CT molecular complexity index is 3500. The van der Waals surface area contributed by atoms with Crippen molar-refractivity contribution < 1.29 is 0 Å². The first-order valence-electron chi connectivity index (χ1n) is 20.6. The average molecular weight is 767 g/mol. The minimum absolute atomic E-state index is 0.0730. The maximum atomic E-state index is 5.25. The third-order valence-electron chi connectivity index (χ3n) is 12.7. The zero-order chi connectivity index (χ0) is 40.0. The molecule has 0 atom stereocenters. The number of fused-ring (bicyclic) bond motifs is 9. The monoisotopic (exact) mass is 766 g/mol. The molecule has 0 fully saturated rings. The van der Waals surface area contributed by atoms with E-state index in [9.17, 15) is 0 Å². The summed E-state index contributed by atoms with van der Waals surface area (Å²) in [5.74, 6) is 1.84. The number of para-hydroxylation sites is 1. The first kappa shape index (κ1) is 34.4. The van der Waals surface area contributed by atoms with Crippen LogP contribution in [0.1, 0.15) is 25.0 Å². The molecule has 2 aromatic heterocycles. The minimum Gasteiger partial charge on any atom is -0.278 e. The molecule has 0 amide bonds. The van der Waals surface area contributed by atoms with E-state index in [2.05, 4.69) is 194 Å². The van der Waals surface area contributed by atoms with Gasteiger partial charge in [0.15, 0.2) is 11.6 Å². The van der Waals surface area contributed by atoms with Crippen LogP contribution in [0.15, 0.2) is 194 Å². The second kappa shape index (κ2) is 13.2. The Morgan fingerprint density at radius 1 is 0.367 bits per heavy atom. The van der Waals surface area contributed by atoms with E-state index < -0.39 is 0 Å². The Hall–Kier alpha value is -7.69. The average Bonchev–Trinajstić information content (AvgIpc) is 3.77. The lowest BCUT2D eigenvalue weighted by Gasteiger charge is -2.22. The zero-order valence-electron chi connectivity index (χ0n) is 33.3. The van der Waals surface area contributed by atoms with Crippen molar-refractivity contribution in [2.75, 3.05) is 0 Å². The Morgan fingerprint density at radius 3 is 1.75 bits per heavy atom. The SMILES string of the molecule is CC1(C)c2ccccc2-c2ccc(-c3cccc4cccc(-c5ccc(-c6nc(-c7ccccc7)nc(-n7c8ccccc8c8c9ccccc9ccc87)n6)cc5)c34)cc21. The van der Waals surface area contributed by atoms with Crippen molar-refractivity contribution in [2.24, 2.45) is 0 Å². The topological polar surface area (TPSA) is 43.6 Å². The highest BCUT2D eigenvalue weighted by Crippen LogP contribution is 2.50. The van der Waals surface area contributed by atoms with Crippen molar-refractivity contribution in [2.45, 2.75) is 19.3 Å². The molecule has 60 heavy (non-hydrogen) atoms. The van der Waals surface area contributed by atoms with E-state index >= 15 is 0 Å². The standard InChI is InChI=1S/C56H38N4/c1-56(2)47-24-10-8-20-44(47)45-32-30-40(34-48(45)56)43-23-13-18-37-17-12-22-41(51(37)43)36-26-28-39(29-27-36)54-57-53(38-15-4-3-5-16-38)58-55(59-54)60-49-25-11-9-21-46(49)52-42-19-7-6-14-35(42)31-33-50(52)60/h3-34H,1-2H3. The van der Waals surface area contributed by atoms with Crippen molar-refractivity contribution in [3.05, 3.63) is 205 Å². The van der Waals surface area contributed by atoms with Crippen LogP contribution in [0.25, 0.3) is 105 Å². The van der Waals surface area contributed by atoms with Crippen LogP contribution >= 0.6 is 0 Å². The van der Waals surface area contributed by atoms with Crippen molar-refractivity contribution in [1.82, 2.24) is 19.5 Å². The molecule has 1 aliphatic rings. The van der Waals surface area contributed by atoms with Gasteiger partial charge in [-0.2, -0.15) is 9.97 Å². The van der Waals surface area contributed by atoms with Crippen molar-refractivity contribution in [3.63, 3.8) is 0 Å². The van der Waals surface area contributed by atoms with Gasteiger partial charge in [-0.1, -0.05) is 190 Å². The Labute approximate surface area is 348 Å². The predicted octanol–water partition coefficient (Wildman–Crippen LogP) is 14.2. The van der Waals surface area contributed by atoms with Crippen LogP contribution in [0.5, 0.6) is 0 Å². The molecule has 0 spiro atoms. The largest absolute Gasteiger partial charge is 0.278 e. The molecule has 282 valence electrons. The van der Waals surface area contributed by atoms with Gasteiger partial charge >= 0.3 is 0 Å². The van der Waals surface area contributed by atoms with Gasteiger partial charge in [0.25, 0.3) is 0 Å². The molecular weight excluding hydrogens is 729 g/mol. The summed E-state index contributed by atoms with van der Waals surface area (Å²) in [6.45, 7) is 4.70. The van der Waals surface area contributed by atoms with Crippen molar-refractivity contribution in [3.8, 4) is 62.1 Å². The van der Waals surface area contributed by atoms with E-state index in [1.165, 1.54) is 71.3 Å². The van der Waals surface area contributed by atoms with E-state index in [-0.39, 0.29) is 5.41 Å². The molecule has 0 saturated heterocycles. The van der Waals surface area contributed by atoms with Crippen LogP contribution in [-0.2, 0) is 5.41 Å². The molecule has 0 bridgehead atoms. The predicted molar refractivity (Wildman–Crippen MR) is 248 cm³/mol. The van der Waals surface area contributed by atoms with E-state index in [0.29, 0.717) is 17.6 Å². The normalized spacial score (nSPS) is 13.0. The molecule has 1 aliphatic carbocycles. The van der Waals surface area contributed by atoms with Crippen molar-refractivity contribution >= 4 is 43.4 Å². The maximum Gasteiger partial charge on any atom is 0.238 e. The molecule has 0 radical (unpaired) electrons. The molecule has 11 aromatic rings. The highest BCUT2D eigenvalue weighted by molar-refractivity contribution is 6.21. The highest BCUT2D eigenvalue weighted by atomic mass is 15.2. The minimum atomic E-state index is -0.0730. The molecule has 0 saturated carbocycles. The van der Waals surface area contributed by atoms with Gasteiger partial charge in [-0.15, -0.1) is 0 Å². The fraction of sp³-hybridized carbons (Fsp3) is 0.0536. The van der Waals surface area contributed by atoms with Gasteiger partial charge in [0.2, 0.25) is 5.95 Å². The van der Waals surface area contributed by atoms with Crippen LogP contribution in [0.2, 0.25) is 0 Å². The van der Waals surface area contributed by atoms with E-state index in [1.807, 2.05) is 18.2 Å². The molecule has 0 aliphatic heterocycles. The highest BCUT2D eigenvalue weighted by Gasteiger charge is 2.35. The van der Waals surface area contributed by atoms with Gasteiger partial charge in [-0.3, -0.25) is 4.57 Å². The van der Waals surface area contributed by atoms with E-state index in [1.54, 1.807) is 0 Å². The molecule has 2 heterocycles. The van der Waals surface area contributed by atoms with Gasteiger partial charge in [0.05, 0.1) is 11.0 Å². The summed E-state index contributed by atoms with van der Waals surface area (Å²) in [6, 6.07) is 69.6. The summed E-state index contributed by atoms with van der Waals surface area (Å²) in [7, 11) is 0. The first-order valence-corrected chi connectivity index (χ1v) is 20.6. The van der Waals surface area contributed by atoms with Gasteiger partial charge in [-0.25, -0.2) is 4.98 Å². The smallest absolute Gasteiger partial charge is 0.238 e. The van der Waals surface area contributed by atoms with Crippen LogP contribution < -0.4 is 0 Å². The fourth-order valence-electron chi connectivity index (χ4n) is 9.76. The van der Waals surface area contributed by atoms with Crippen molar-refractivity contribution in [1.29, 1.82) is 0 Å². The van der Waals surface area contributed by atoms with Gasteiger partial charge in [0.1, 0.15) is 0 Å². The second-order valence-electron chi connectivity index (χ2n) is 16.4. The number of hydrogen-bond donors (Lipinski definition) is 0. The quantitative estimate of drug-likeness (QED) is 0.175. The number of aromatic nitrogens is 4. The molecule has 9 aromatic carbocycles. The summed E-state index contributed by atoms with van der Waals surface area (Å²) < 4.78 is 2.19. The maximum absolute atomic E-state index is 5.25. The lowest BCUT2D eigenvalue weighted by Crippen LogP contribution is -2.14. The molecular formula is C56H38N4. The van der Waals surface area contributed by atoms with Crippen LogP contribution in [0.3, 0.4) is 0 Å². The number of nitrogens with zero attached hydrogens (tertiary/aromatic N) is 4. The second-order valence-corrected chi connectivity index (χ2v) is 16.4. The van der Waals surface area contributed by atoms with Crippen LogP contribution in [-0.4, -0.2) is 19.5 Å². The van der Waals surface area contributed by atoms with E-state index in [4.69, 9.17) is 15.0 Å². The summed E-state index contributed by atoms with van der Waals surface area (Å²) in [5, 5.41) is 7.23. The molecule has 0 N–H and O–H groups in total. The molecule has 4 nitrogen and oxygen atoms in total. The Kier molecular flexibility index (Phi) is 7.54. The summed E-state index contributed by atoms with van der Waals surface area (Å²) in [4.78, 5) is 15.5. The van der Waals surface area contributed by atoms with Gasteiger partial charge in [-0.05, 0) is 84.3 Å². The number of rotatable bonds is 5. The Balaban J connectivity index is 0.997. The fourth-order valence-corrected chi connectivity index (χ4v) is 9.76. The molecule has 0 unspecified atom stereocenters. The zero-order valence-corrected chi connectivity index (χ0v) is 33.3. The van der Waals surface area contributed by atoms with Gasteiger partial charge < -0.3 is 0 Å². The third kappa shape index (κ3) is 5.20. The van der Waals surface area contributed by atoms with E-state index in [0.717, 1.165) is 27.7 Å². The van der Waals surface area contributed by atoms with Crippen LogP contribution in [0, 0.1) is 0 Å². The molecule has 12 rings (SSSR count). The molecule has 4 heteroatoms. The summed E-state index contributed by atoms with van der Waals surface area (Å²) >= 11 is 0. The Morgan fingerprint density at radius 2 is 0.950 bits per heavy atom. The summed E-state index contributed by atoms with van der Waals surface area (Å²) in [5.41, 5.74) is 14.1. The van der Waals surface area contributed by atoms with Gasteiger partial charge in [0, 0.05) is 27.3 Å². The first-order chi connectivity index (χ1) is 29.5. The third-order valence-corrected chi connectivity index (χ3v) is 12.7. The lowest BCUT2D eigenvalue weighted by atomic mass is 9.81. The number of benzene rings is 9. The summed E-state index contributed by atoms with van der Waals surface area (Å²) in [6.07, 6.45) is 0. The lowest BCUT2D eigenvalue weighted by molar-refractivity contribution is 0.660.